The number of aromatic carboxylic acids is 1. The van der Waals surface area contributed by atoms with E-state index >= 15 is 0 Å². The summed E-state index contributed by atoms with van der Waals surface area (Å²) in [5, 5.41) is 12.8. The van der Waals surface area contributed by atoms with Gasteiger partial charge in [-0.3, -0.25) is 4.90 Å². The Kier molecular flexibility index (Phi) is 6.70. The molecule has 1 N–H and O–H groups in total. The van der Waals surface area contributed by atoms with Crippen LogP contribution >= 0.6 is 11.3 Å². The van der Waals surface area contributed by atoms with Crippen LogP contribution in [0.1, 0.15) is 52.5 Å². The maximum absolute atomic E-state index is 11.4. The van der Waals surface area contributed by atoms with Crippen LogP contribution in [-0.2, 0) is 0 Å². The Morgan fingerprint density at radius 3 is 2.62 bits per heavy atom. The molecule has 0 amide bonds. The Morgan fingerprint density at radius 1 is 1.09 bits per heavy atom. The zero-order valence-corrected chi connectivity index (χ0v) is 20.2. The molecule has 0 aliphatic carbocycles. The number of likely N-dealkylation sites (tertiary alicyclic amines) is 1. The van der Waals surface area contributed by atoms with Gasteiger partial charge in [-0.1, -0.05) is 36.4 Å². The Labute approximate surface area is 204 Å². The first-order chi connectivity index (χ1) is 16.6. The van der Waals surface area contributed by atoms with Gasteiger partial charge in [-0.25, -0.2) is 4.79 Å². The number of fused-ring (bicyclic) bond motifs is 1. The fourth-order valence-corrected chi connectivity index (χ4v) is 5.85. The highest BCUT2D eigenvalue weighted by Crippen LogP contribution is 2.37. The van der Waals surface area contributed by atoms with Gasteiger partial charge in [0, 0.05) is 28.5 Å². The molecular weight excluding hydrogens is 444 g/mol. The van der Waals surface area contributed by atoms with Crippen molar-refractivity contribution in [1.29, 1.82) is 0 Å². The predicted octanol–water partition coefficient (Wildman–Crippen LogP) is 6.27. The maximum Gasteiger partial charge on any atom is 0.339 e. The van der Waals surface area contributed by atoms with E-state index in [1.54, 1.807) is 18.2 Å². The zero-order valence-electron chi connectivity index (χ0n) is 19.4. The molecule has 3 heterocycles. The molecule has 1 unspecified atom stereocenters. The molecule has 1 aliphatic heterocycles. The highest BCUT2D eigenvalue weighted by molar-refractivity contribution is 7.10. The molecule has 0 radical (unpaired) electrons. The monoisotopic (exact) mass is 474 g/mol. The summed E-state index contributed by atoms with van der Waals surface area (Å²) in [6.07, 6.45) is 4.63. The van der Waals surface area contributed by atoms with Crippen molar-refractivity contribution in [2.75, 3.05) is 26.2 Å². The number of carboxylic acids is 1. The van der Waals surface area contributed by atoms with E-state index in [9.17, 15) is 9.90 Å². The lowest BCUT2D eigenvalue weighted by Crippen LogP contribution is -2.35. The smallest absolute Gasteiger partial charge is 0.339 e. The second kappa shape index (κ2) is 10.0. The van der Waals surface area contributed by atoms with Gasteiger partial charge >= 0.3 is 5.97 Å². The van der Waals surface area contributed by atoms with Gasteiger partial charge in [0.25, 0.3) is 0 Å². The first-order valence-electron chi connectivity index (χ1n) is 11.9. The van der Waals surface area contributed by atoms with Crippen molar-refractivity contribution in [1.82, 2.24) is 9.47 Å². The minimum absolute atomic E-state index is 0.217. The molecule has 6 heteroatoms. The number of benzene rings is 2. The molecule has 176 valence electrons. The van der Waals surface area contributed by atoms with E-state index in [4.69, 9.17) is 4.74 Å². The fourth-order valence-electron chi connectivity index (χ4n) is 5.07. The molecule has 4 aromatic rings. The highest BCUT2D eigenvalue weighted by Gasteiger charge is 2.25. The van der Waals surface area contributed by atoms with Crippen LogP contribution in [-0.4, -0.2) is 46.8 Å². The second-order valence-electron chi connectivity index (χ2n) is 8.97. The molecule has 0 saturated carbocycles. The summed E-state index contributed by atoms with van der Waals surface area (Å²) < 4.78 is 8.25. The van der Waals surface area contributed by atoms with Gasteiger partial charge in [0.1, 0.15) is 17.9 Å². The van der Waals surface area contributed by atoms with Gasteiger partial charge in [-0.15, -0.1) is 11.3 Å². The van der Waals surface area contributed by atoms with Crippen LogP contribution in [0, 0.1) is 0 Å². The van der Waals surface area contributed by atoms with Crippen LogP contribution in [0.25, 0.3) is 10.9 Å². The lowest BCUT2D eigenvalue weighted by atomic mass is 9.89. The van der Waals surface area contributed by atoms with Gasteiger partial charge < -0.3 is 14.4 Å². The summed E-state index contributed by atoms with van der Waals surface area (Å²) in [4.78, 5) is 15.2. The molecule has 0 spiro atoms. The van der Waals surface area contributed by atoms with E-state index in [-0.39, 0.29) is 5.56 Å². The fraction of sp³-hybridized carbons (Fsp3) is 0.321. The number of ether oxygens (including phenoxy) is 1. The maximum atomic E-state index is 11.4. The molecule has 1 aliphatic rings. The summed E-state index contributed by atoms with van der Waals surface area (Å²) in [7, 11) is 0. The van der Waals surface area contributed by atoms with Crippen molar-refractivity contribution in [3.05, 3.63) is 88.2 Å². The topological polar surface area (TPSA) is 54.7 Å². The molecule has 2 aromatic heterocycles. The quantitative estimate of drug-likeness (QED) is 0.327. The molecule has 5 nitrogen and oxygen atoms in total. The number of hydrogen-bond donors (Lipinski definition) is 1. The van der Waals surface area contributed by atoms with Crippen molar-refractivity contribution >= 4 is 28.2 Å². The first kappa shape index (κ1) is 22.7. The summed E-state index contributed by atoms with van der Waals surface area (Å²) in [6, 6.07) is 20.3. The van der Waals surface area contributed by atoms with Gasteiger partial charge in [0.15, 0.2) is 0 Å². The van der Waals surface area contributed by atoms with Crippen molar-refractivity contribution in [3.8, 4) is 5.75 Å². The Bertz CT molecular complexity index is 1260. The third-order valence-electron chi connectivity index (χ3n) is 6.95. The number of thiophene rings is 1. The summed E-state index contributed by atoms with van der Waals surface area (Å²) in [6.45, 7) is 5.63. The number of rotatable bonds is 8. The number of carboxylic acid groups (broad SMARTS) is 1. The van der Waals surface area contributed by atoms with E-state index in [0.29, 0.717) is 24.3 Å². The van der Waals surface area contributed by atoms with E-state index < -0.39 is 5.97 Å². The van der Waals surface area contributed by atoms with Crippen molar-refractivity contribution in [3.63, 3.8) is 0 Å². The molecular formula is C28H30N2O3S. The Hall–Kier alpha value is -3.09. The average Bonchev–Trinajstić information content (AvgIpc) is 3.53. The zero-order chi connectivity index (χ0) is 23.5. The number of aromatic nitrogens is 1. The van der Waals surface area contributed by atoms with E-state index in [1.165, 1.54) is 21.3 Å². The number of carbonyl (C=O) groups is 1. The lowest BCUT2D eigenvalue weighted by Gasteiger charge is -2.31. The minimum atomic E-state index is -0.955. The van der Waals surface area contributed by atoms with Crippen molar-refractivity contribution < 1.29 is 14.6 Å². The normalized spacial score (nSPS) is 16.0. The van der Waals surface area contributed by atoms with Gasteiger partial charge in [0.05, 0.1) is 6.04 Å². The van der Waals surface area contributed by atoms with Crippen LogP contribution in [0.3, 0.4) is 0 Å². The first-order valence-corrected chi connectivity index (χ1v) is 12.8. The average molecular weight is 475 g/mol. The molecule has 0 bridgehead atoms. The van der Waals surface area contributed by atoms with Gasteiger partial charge in [-0.2, -0.15) is 0 Å². The van der Waals surface area contributed by atoms with Gasteiger partial charge in [0.2, 0.25) is 0 Å². The van der Waals surface area contributed by atoms with E-state index in [0.717, 1.165) is 32.5 Å². The van der Waals surface area contributed by atoms with Crippen molar-refractivity contribution in [2.24, 2.45) is 0 Å². The van der Waals surface area contributed by atoms with E-state index in [2.05, 4.69) is 64.4 Å². The van der Waals surface area contributed by atoms with Crippen LogP contribution in [0.15, 0.2) is 72.2 Å². The Balaban J connectivity index is 1.23. The number of piperidine rings is 1. The highest BCUT2D eigenvalue weighted by atomic mass is 32.1. The Morgan fingerprint density at radius 2 is 1.85 bits per heavy atom. The number of hydrogen-bond acceptors (Lipinski definition) is 4. The SMILES string of the molecule is CC(c1cccs1)n1cc(C2CCN(CCOc3ccccc3C(=O)O)CC2)c2ccccc21. The largest absolute Gasteiger partial charge is 0.491 e. The lowest BCUT2D eigenvalue weighted by molar-refractivity contribution is 0.0691. The van der Waals surface area contributed by atoms with Crippen LogP contribution in [0.4, 0.5) is 0 Å². The molecule has 1 atom stereocenters. The molecule has 1 fully saturated rings. The van der Waals surface area contributed by atoms with Crippen molar-refractivity contribution in [2.45, 2.75) is 31.7 Å². The summed E-state index contributed by atoms with van der Waals surface area (Å²) in [5.41, 5.74) is 2.99. The second-order valence-corrected chi connectivity index (χ2v) is 9.95. The molecule has 2 aromatic carbocycles. The van der Waals surface area contributed by atoms with Gasteiger partial charge in [-0.05, 0) is 74.0 Å². The third kappa shape index (κ3) is 4.61. The molecule has 5 rings (SSSR count). The molecule has 34 heavy (non-hydrogen) atoms. The molecule has 1 saturated heterocycles. The third-order valence-corrected chi connectivity index (χ3v) is 8.00. The minimum Gasteiger partial charge on any atom is -0.491 e. The summed E-state index contributed by atoms with van der Waals surface area (Å²) in [5.74, 6) is 0.0353. The van der Waals surface area contributed by atoms with E-state index in [1.807, 2.05) is 17.4 Å². The van der Waals surface area contributed by atoms with Crippen LogP contribution in [0.5, 0.6) is 5.75 Å². The van der Waals surface area contributed by atoms with Crippen LogP contribution < -0.4 is 4.74 Å². The standard InChI is InChI=1S/C28H30N2O3S/c1-20(27-11-6-18-34-27)30-19-24(22-7-2-4-9-25(22)30)21-12-14-29(15-13-21)16-17-33-26-10-5-3-8-23(26)28(31)32/h2-11,18-21H,12-17H2,1H3,(H,31,32). The van der Waals surface area contributed by atoms with Crippen LogP contribution in [0.2, 0.25) is 0 Å². The summed E-state index contributed by atoms with van der Waals surface area (Å²) >= 11 is 1.82. The number of nitrogens with zero attached hydrogens (tertiary/aromatic N) is 2. The predicted molar refractivity (Wildman–Crippen MR) is 137 cm³/mol. The number of para-hydroxylation sites is 2.